The van der Waals surface area contributed by atoms with Gasteiger partial charge in [0.25, 0.3) is 0 Å². The third-order valence-electron chi connectivity index (χ3n) is 3.09. The number of hydrogen-bond acceptors (Lipinski definition) is 2. The summed E-state index contributed by atoms with van der Waals surface area (Å²) in [6.07, 6.45) is 0. The maximum absolute atomic E-state index is 4.63. The number of hydrogen-bond donors (Lipinski definition) is 1. The van der Waals surface area contributed by atoms with Crippen molar-refractivity contribution in [1.82, 2.24) is 15.1 Å². The Labute approximate surface area is 116 Å². The van der Waals surface area contributed by atoms with E-state index in [4.69, 9.17) is 0 Å². The van der Waals surface area contributed by atoms with E-state index in [1.807, 2.05) is 18.8 Å². The number of halogens is 1. The first-order chi connectivity index (χ1) is 8.54. The highest BCUT2D eigenvalue weighted by molar-refractivity contribution is 9.10. The van der Waals surface area contributed by atoms with Crippen molar-refractivity contribution in [3.05, 3.63) is 39.5 Å². The molecule has 96 valence electrons. The molecule has 4 heteroatoms. The van der Waals surface area contributed by atoms with Gasteiger partial charge in [-0.05, 0) is 48.5 Å². The summed E-state index contributed by atoms with van der Waals surface area (Å²) in [5, 5.41) is 7.80. The average molecular weight is 308 g/mol. The number of nitrogens with zero attached hydrogens (tertiary/aromatic N) is 2. The molecule has 1 N–H and O–H groups in total. The fraction of sp³-hybridized carbons (Fsp3) is 0.357. The topological polar surface area (TPSA) is 29.9 Å². The smallest absolute Gasteiger partial charge is 0.107 e. The van der Waals surface area contributed by atoms with Crippen LogP contribution >= 0.6 is 15.9 Å². The molecule has 1 aromatic heterocycles. The van der Waals surface area contributed by atoms with Gasteiger partial charge in [-0.15, -0.1) is 0 Å². The van der Waals surface area contributed by atoms with E-state index in [0.29, 0.717) is 0 Å². The molecule has 3 nitrogen and oxygen atoms in total. The fourth-order valence-electron chi connectivity index (χ4n) is 2.06. The summed E-state index contributed by atoms with van der Waals surface area (Å²) in [4.78, 5) is 0. The Morgan fingerprint density at radius 2 is 2.06 bits per heavy atom. The molecule has 0 amide bonds. The summed E-state index contributed by atoms with van der Waals surface area (Å²) >= 11 is 3.68. The van der Waals surface area contributed by atoms with Gasteiger partial charge in [-0.2, -0.15) is 5.10 Å². The second-order valence-corrected chi connectivity index (χ2v) is 5.37. The summed E-state index contributed by atoms with van der Waals surface area (Å²) < 4.78 is 3.01. The number of aromatic nitrogens is 2. The van der Waals surface area contributed by atoms with E-state index in [2.05, 4.69) is 58.4 Å². The Morgan fingerprint density at radius 1 is 1.33 bits per heavy atom. The van der Waals surface area contributed by atoms with Gasteiger partial charge < -0.3 is 5.32 Å². The van der Waals surface area contributed by atoms with Crippen molar-refractivity contribution in [3.8, 4) is 11.3 Å². The van der Waals surface area contributed by atoms with Crippen LogP contribution in [0.2, 0.25) is 0 Å². The molecule has 0 aliphatic heterocycles. The number of benzene rings is 1. The third kappa shape index (κ3) is 2.35. The van der Waals surface area contributed by atoms with Gasteiger partial charge in [0.1, 0.15) is 5.69 Å². The van der Waals surface area contributed by atoms with E-state index in [9.17, 15) is 0 Å². The molecule has 0 aliphatic rings. The molecule has 2 aromatic rings. The van der Waals surface area contributed by atoms with Crippen LogP contribution < -0.4 is 5.32 Å². The fourth-order valence-corrected chi connectivity index (χ4v) is 2.75. The lowest BCUT2D eigenvalue weighted by Gasteiger charge is -2.05. The van der Waals surface area contributed by atoms with Gasteiger partial charge in [-0.1, -0.05) is 17.7 Å². The zero-order valence-corrected chi connectivity index (χ0v) is 12.8. The maximum Gasteiger partial charge on any atom is 0.107 e. The molecule has 0 bridgehead atoms. The van der Waals surface area contributed by atoms with Gasteiger partial charge in [0.05, 0.1) is 10.2 Å². The standard InChI is InChI=1S/C14H18BrN3/c1-9-5-6-10(2)11(7-9)14-13(15)12(8-16-3)18(4)17-14/h5-7,16H,8H2,1-4H3. The summed E-state index contributed by atoms with van der Waals surface area (Å²) in [5.74, 6) is 0. The van der Waals surface area contributed by atoms with Gasteiger partial charge in [0, 0.05) is 19.2 Å². The Hall–Kier alpha value is -1.13. The molecule has 0 spiro atoms. The number of rotatable bonds is 3. The monoisotopic (exact) mass is 307 g/mol. The molecular formula is C14H18BrN3. The van der Waals surface area contributed by atoms with Crippen LogP contribution in [-0.4, -0.2) is 16.8 Å². The van der Waals surface area contributed by atoms with Gasteiger partial charge in [0.15, 0.2) is 0 Å². The minimum absolute atomic E-state index is 0.801. The van der Waals surface area contributed by atoms with Crippen LogP contribution in [0, 0.1) is 13.8 Å². The maximum atomic E-state index is 4.63. The Balaban J connectivity index is 2.57. The highest BCUT2D eigenvalue weighted by Crippen LogP contribution is 2.32. The van der Waals surface area contributed by atoms with Gasteiger partial charge in [-0.3, -0.25) is 4.68 Å². The van der Waals surface area contributed by atoms with Crippen LogP contribution in [0.3, 0.4) is 0 Å². The van der Waals surface area contributed by atoms with E-state index in [-0.39, 0.29) is 0 Å². The first-order valence-electron chi connectivity index (χ1n) is 5.98. The van der Waals surface area contributed by atoms with E-state index >= 15 is 0 Å². The minimum atomic E-state index is 0.801. The van der Waals surface area contributed by atoms with Crippen molar-refractivity contribution in [2.24, 2.45) is 7.05 Å². The molecule has 0 aliphatic carbocycles. The van der Waals surface area contributed by atoms with E-state index in [0.717, 1.165) is 22.4 Å². The van der Waals surface area contributed by atoms with Crippen molar-refractivity contribution < 1.29 is 0 Å². The van der Waals surface area contributed by atoms with Crippen molar-refractivity contribution in [2.75, 3.05) is 7.05 Å². The van der Waals surface area contributed by atoms with Crippen LogP contribution in [0.5, 0.6) is 0 Å². The average Bonchev–Trinajstić information content (AvgIpc) is 2.61. The summed E-state index contributed by atoms with van der Waals surface area (Å²) in [7, 11) is 3.92. The SMILES string of the molecule is CNCc1c(Br)c(-c2cc(C)ccc2C)nn1C. The highest BCUT2D eigenvalue weighted by atomic mass is 79.9. The van der Waals surface area contributed by atoms with Crippen LogP contribution in [0.25, 0.3) is 11.3 Å². The largest absolute Gasteiger partial charge is 0.314 e. The summed E-state index contributed by atoms with van der Waals surface area (Å²) in [6, 6.07) is 6.46. The normalized spacial score (nSPS) is 10.9. The van der Waals surface area contributed by atoms with E-state index in [1.54, 1.807) is 0 Å². The lowest BCUT2D eigenvalue weighted by atomic mass is 10.0. The highest BCUT2D eigenvalue weighted by Gasteiger charge is 2.16. The van der Waals surface area contributed by atoms with Crippen LogP contribution in [0.15, 0.2) is 22.7 Å². The number of aryl methyl sites for hydroxylation is 3. The van der Waals surface area contributed by atoms with Crippen molar-refractivity contribution >= 4 is 15.9 Å². The number of nitrogens with one attached hydrogen (secondary N) is 1. The molecule has 0 saturated carbocycles. The van der Waals surface area contributed by atoms with Gasteiger partial charge in [-0.25, -0.2) is 0 Å². The second-order valence-electron chi connectivity index (χ2n) is 4.58. The molecule has 0 saturated heterocycles. The first-order valence-corrected chi connectivity index (χ1v) is 6.77. The van der Waals surface area contributed by atoms with Crippen LogP contribution in [-0.2, 0) is 13.6 Å². The Bertz CT molecular complexity index is 573. The van der Waals surface area contributed by atoms with Crippen LogP contribution in [0.4, 0.5) is 0 Å². The predicted octanol–water partition coefficient (Wildman–Crippen LogP) is 3.19. The van der Waals surface area contributed by atoms with Crippen LogP contribution in [0.1, 0.15) is 16.8 Å². The summed E-state index contributed by atoms with van der Waals surface area (Å²) in [6.45, 7) is 5.02. The zero-order valence-electron chi connectivity index (χ0n) is 11.2. The van der Waals surface area contributed by atoms with Crippen molar-refractivity contribution in [3.63, 3.8) is 0 Å². The van der Waals surface area contributed by atoms with Gasteiger partial charge >= 0.3 is 0 Å². The van der Waals surface area contributed by atoms with Crippen molar-refractivity contribution in [2.45, 2.75) is 20.4 Å². The molecular weight excluding hydrogens is 290 g/mol. The minimum Gasteiger partial charge on any atom is -0.314 e. The molecule has 1 heterocycles. The predicted molar refractivity (Wildman–Crippen MR) is 78.6 cm³/mol. The molecule has 0 unspecified atom stereocenters. The van der Waals surface area contributed by atoms with Gasteiger partial charge in [0.2, 0.25) is 0 Å². The van der Waals surface area contributed by atoms with Crippen molar-refractivity contribution in [1.29, 1.82) is 0 Å². The zero-order chi connectivity index (χ0) is 13.3. The lowest BCUT2D eigenvalue weighted by Crippen LogP contribution is -2.10. The Kier molecular flexibility index (Phi) is 3.88. The third-order valence-corrected chi connectivity index (χ3v) is 3.93. The quantitative estimate of drug-likeness (QED) is 0.944. The molecule has 18 heavy (non-hydrogen) atoms. The molecule has 2 rings (SSSR count). The Morgan fingerprint density at radius 3 is 2.72 bits per heavy atom. The van der Waals surface area contributed by atoms with E-state index < -0.39 is 0 Å². The van der Waals surface area contributed by atoms with E-state index in [1.165, 1.54) is 16.7 Å². The molecule has 0 atom stereocenters. The second kappa shape index (κ2) is 5.24. The molecule has 0 radical (unpaired) electrons. The lowest BCUT2D eigenvalue weighted by molar-refractivity contribution is 0.671. The molecule has 0 fully saturated rings. The molecule has 1 aromatic carbocycles. The summed E-state index contributed by atoms with van der Waals surface area (Å²) in [5.41, 5.74) is 5.87. The first kappa shape index (κ1) is 13.3.